The number of aliphatic carboxylic acids is 1. The van der Waals surface area contributed by atoms with Crippen molar-refractivity contribution >= 4 is 22.6 Å². The predicted molar refractivity (Wildman–Crippen MR) is 90.8 cm³/mol. The van der Waals surface area contributed by atoms with Gasteiger partial charge in [0.25, 0.3) is 0 Å². The second-order valence-corrected chi connectivity index (χ2v) is 6.12. The zero-order valence-electron chi connectivity index (χ0n) is 13.4. The second kappa shape index (κ2) is 7.45. The van der Waals surface area contributed by atoms with Gasteiger partial charge in [-0.2, -0.15) is 0 Å². The van der Waals surface area contributed by atoms with Gasteiger partial charge in [0.15, 0.2) is 0 Å². The smallest absolute Gasteiger partial charge is 0.308 e. The van der Waals surface area contributed by atoms with Gasteiger partial charge in [-0.25, -0.2) is 0 Å². The first kappa shape index (κ1) is 16.5. The number of benzene rings is 2. The third-order valence-corrected chi connectivity index (χ3v) is 4.44. The van der Waals surface area contributed by atoms with Crippen molar-refractivity contribution in [2.75, 3.05) is 13.2 Å². The normalized spacial score (nSPS) is 18.4. The molecule has 3 rings (SSSR count). The van der Waals surface area contributed by atoms with Crippen LogP contribution in [0.15, 0.2) is 42.5 Å². The third-order valence-electron chi connectivity index (χ3n) is 4.44. The molecule has 0 bridgehead atoms. The van der Waals surface area contributed by atoms with Crippen molar-refractivity contribution < 1.29 is 19.4 Å². The maximum absolute atomic E-state index is 12.0. The molecule has 0 saturated carbocycles. The van der Waals surface area contributed by atoms with E-state index in [0.717, 1.165) is 22.8 Å². The van der Waals surface area contributed by atoms with Crippen LogP contribution in [-0.2, 0) is 20.7 Å². The topological polar surface area (TPSA) is 75.6 Å². The molecule has 2 unspecified atom stereocenters. The summed E-state index contributed by atoms with van der Waals surface area (Å²) in [6.07, 6.45) is 1.52. The maximum atomic E-state index is 12.0. The van der Waals surface area contributed by atoms with E-state index < -0.39 is 18.0 Å². The van der Waals surface area contributed by atoms with Crippen LogP contribution in [0, 0.1) is 5.92 Å². The lowest BCUT2D eigenvalue weighted by Gasteiger charge is -2.16. The molecule has 5 nitrogen and oxygen atoms in total. The highest BCUT2D eigenvalue weighted by atomic mass is 16.5. The molecule has 1 aliphatic heterocycles. The van der Waals surface area contributed by atoms with Crippen LogP contribution in [0.4, 0.5) is 0 Å². The Balaban J connectivity index is 1.69. The summed E-state index contributed by atoms with van der Waals surface area (Å²) < 4.78 is 5.32. The fourth-order valence-corrected chi connectivity index (χ4v) is 3.10. The van der Waals surface area contributed by atoms with E-state index in [1.807, 2.05) is 42.5 Å². The highest BCUT2D eigenvalue weighted by Gasteiger charge is 2.26. The van der Waals surface area contributed by atoms with Gasteiger partial charge in [-0.05, 0) is 35.6 Å². The summed E-state index contributed by atoms with van der Waals surface area (Å²) in [6, 6.07) is 13.8. The van der Waals surface area contributed by atoms with Crippen molar-refractivity contribution in [3.8, 4) is 0 Å². The summed E-state index contributed by atoms with van der Waals surface area (Å²) in [5.41, 5.74) is 0.979. The van der Waals surface area contributed by atoms with Crippen LogP contribution in [-0.4, -0.2) is 36.2 Å². The molecule has 5 heteroatoms. The zero-order valence-corrected chi connectivity index (χ0v) is 13.4. The number of hydrogen-bond donors (Lipinski definition) is 2. The number of fused-ring (bicyclic) bond motifs is 1. The van der Waals surface area contributed by atoms with Gasteiger partial charge >= 0.3 is 5.97 Å². The van der Waals surface area contributed by atoms with Gasteiger partial charge in [0, 0.05) is 13.2 Å². The van der Waals surface area contributed by atoms with Crippen molar-refractivity contribution in [1.82, 2.24) is 5.32 Å². The van der Waals surface area contributed by atoms with E-state index in [2.05, 4.69) is 5.32 Å². The molecular formula is C19H21NO4. The number of rotatable bonds is 6. The van der Waals surface area contributed by atoms with Crippen molar-refractivity contribution in [1.29, 1.82) is 0 Å². The Hall–Kier alpha value is -2.40. The summed E-state index contributed by atoms with van der Waals surface area (Å²) in [4.78, 5) is 23.6. The van der Waals surface area contributed by atoms with E-state index in [0.29, 0.717) is 19.4 Å². The van der Waals surface area contributed by atoms with Crippen molar-refractivity contribution in [3.63, 3.8) is 0 Å². The maximum Gasteiger partial charge on any atom is 0.308 e. The highest BCUT2D eigenvalue weighted by Crippen LogP contribution is 2.21. The minimum absolute atomic E-state index is 0.108. The summed E-state index contributed by atoms with van der Waals surface area (Å²) in [7, 11) is 0. The van der Waals surface area contributed by atoms with Crippen LogP contribution in [0.5, 0.6) is 0 Å². The zero-order chi connectivity index (χ0) is 16.9. The summed E-state index contributed by atoms with van der Waals surface area (Å²) in [5.74, 6) is -1.78. The van der Waals surface area contributed by atoms with Crippen molar-refractivity contribution in [2.45, 2.75) is 25.4 Å². The number of carboxylic acids is 1. The van der Waals surface area contributed by atoms with Gasteiger partial charge in [0.2, 0.25) is 5.91 Å². The molecule has 24 heavy (non-hydrogen) atoms. The largest absolute Gasteiger partial charge is 0.481 e. The van der Waals surface area contributed by atoms with Crippen LogP contribution >= 0.6 is 0 Å². The van der Waals surface area contributed by atoms with Gasteiger partial charge in [-0.3, -0.25) is 9.59 Å². The number of carboxylic acid groups (broad SMARTS) is 1. The standard InChI is InChI=1S/C19H21NO4/c21-18(17-9-4-10-24-17)20-12-15(19(22)23)11-14-7-3-6-13-5-1-2-8-16(13)14/h1-3,5-8,15,17H,4,9-12H2,(H,20,21)(H,22,23). The Morgan fingerprint density at radius 3 is 2.75 bits per heavy atom. The molecule has 2 atom stereocenters. The second-order valence-electron chi connectivity index (χ2n) is 6.12. The molecule has 0 radical (unpaired) electrons. The molecule has 2 N–H and O–H groups in total. The summed E-state index contributed by atoms with van der Waals surface area (Å²) >= 11 is 0. The molecule has 2 aromatic rings. The first-order valence-electron chi connectivity index (χ1n) is 8.24. The van der Waals surface area contributed by atoms with Crippen molar-refractivity contribution in [3.05, 3.63) is 48.0 Å². The van der Waals surface area contributed by atoms with Crippen LogP contribution < -0.4 is 5.32 Å². The number of carbonyl (C=O) groups excluding carboxylic acids is 1. The molecule has 1 fully saturated rings. The molecule has 0 spiro atoms. The first-order chi connectivity index (χ1) is 11.6. The highest BCUT2D eigenvalue weighted by molar-refractivity contribution is 5.86. The Kier molecular flexibility index (Phi) is 5.11. The molecule has 1 heterocycles. The summed E-state index contributed by atoms with van der Waals surface area (Å²) in [6.45, 7) is 0.702. The molecule has 0 aliphatic carbocycles. The van der Waals surface area contributed by atoms with Gasteiger partial charge in [-0.15, -0.1) is 0 Å². The van der Waals surface area contributed by atoms with Crippen LogP contribution in [0.3, 0.4) is 0 Å². The average Bonchev–Trinajstić information content (AvgIpc) is 3.13. The van der Waals surface area contributed by atoms with E-state index in [1.54, 1.807) is 0 Å². The fourth-order valence-electron chi connectivity index (χ4n) is 3.10. The van der Waals surface area contributed by atoms with Crippen LogP contribution in [0.25, 0.3) is 10.8 Å². The van der Waals surface area contributed by atoms with Crippen LogP contribution in [0.1, 0.15) is 18.4 Å². The predicted octanol–water partition coefficient (Wildman–Crippen LogP) is 2.38. The first-order valence-corrected chi connectivity index (χ1v) is 8.24. The Labute approximate surface area is 140 Å². The van der Waals surface area contributed by atoms with E-state index in [9.17, 15) is 14.7 Å². The summed E-state index contributed by atoms with van der Waals surface area (Å²) in [5, 5.41) is 14.4. The molecule has 126 valence electrons. The lowest BCUT2D eigenvalue weighted by atomic mass is 9.94. The minimum Gasteiger partial charge on any atom is -0.481 e. The van der Waals surface area contributed by atoms with Crippen molar-refractivity contribution in [2.24, 2.45) is 5.92 Å². The van der Waals surface area contributed by atoms with Gasteiger partial charge in [-0.1, -0.05) is 42.5 Å². The number of ether oxygens (including phenoxy) is 1. The third kappa shape index (κ3) is 3.74. The number of amides is 1. The number of hydrogen-bond acceptors (Lipinski definition) is 3. The monoisotopic (exact) mass is 327 g/mol. The molecule has 2 aromatic carbocycles. The van der Waals surface area contributed by atoms with Gasteiger partial charge < -0.3 is 15.2 Å². The Morgan fingerprint density at radius 1 is 1.21 bits per heavy atom. The van der Waals surface area contributed by atoms with E-state index in [1.165, 1.54) is 0 Å². The number of nitrogens with one attached hydrogen (secondary N) is 1. The lowest BCUT2D eigenvalue weighted by Crippen LogP contribution is -2.39. The van der Waals surface area contributed by atoms with E-state index >= 15 is 0 Å². The Morgan fingerprint density at radius 2 is 2.00 bits per heavy atom. The fraction of sp³-hybridized carbons (Fsp3) is 0.368. The molecule has 1 amide bonds. The quantitative estimate of drug-likeness (QED) is 0.854. The van der Waals surface area contributed by atoms with Gasteiger partial charge in [0.1, 0.15) is 6.10 Å². The average molecular weight is 327 g/mol. The molecule has 1 saturated heterocycles. The van der Waals surface area contributed by atoms with E-state index in [-0.39, 0.29) is 12.5 Å². The van der Waals surface area contributed by atoms with Gasteiger partial charge in [0.05, 0.1) is 5.92 Å². The Bertz CT molecular complexity index is 732. The van der Waals surface area contributed by atoms with E-state index in [4.69, 9.17) is 4.74 Å². The molecule has 0 aromatic heterocycles. The molecular weight excluding hydrogens is 306 g/mol. The SMILES string of the molecule is O=C(O)C(CNC(=O)C1CCCO1)Cc1cccc2ccccc12. The van der Waals surface area contributed by atoms with Crippen LogP contribution in [0.2, 0.25) is 0 Å². The number of carbonyl (C=O) groups is 2. The minimum atomic E-state index is -0.907. The lowest BCUT2D eigenvalue weighted by molar-refractivity contribution is -0.141. The molecule has 1 aliphatic rings.